The Morgan fingerprint density at radius 3 is 2.19 bits per heavy atom. The van der Waals surface area contributed by atoms with Crippen molar-refractivity contribution < 1.29 is 0 Å². The van der Waals surface area contributed by atoms with Crippen molar-refractivity contribution >= 4 is 0 Å². The van der Waals surface area contributed by atoms with E-state index in [9.17, 15) is 0 Å². The van der Waals surface area contributed by atoms with Gasteiger partial charge >= 0.3 is 0 Å². The van der Waals surface area contributed by atoms with Crippen LogP contribution in [-0.4, -0.2) is 0 Å². The molecule has 0 heterocycles. The number of benzene rings is 1. The lowest BCUT2D eigenvalue weighted by atomic mass is 9.62. The maximum atomic E-state index is 3.79. The molecular formula is C32H48. The quantitative estimate of drug-likeness (QED) is 0.305. The van der Waals surface area contributed by atoms with Crippen molar-refractivity contribution in [1.29, 1.82) is 0 Å². The first kappa shape index (κ1) is 26.4. The van der Waals surface area contributed by atoms with Crippen molar-refractivity contribution in [1.82, 2.24) is 0 Å². The monoisotopic (exact) mass is 432 g/mol. The fraction of sp³-hybridized carbons (Fsp3) is 0.562. The van der Waals surface area contributed by atoms with Gasteiger partial charge in [0, 0.05) is 0 Å². The largest absolute Gasteiger partial charge is 0.0991 e. The third-order valence-electron chi connectivity index (χ3n) is 7.38. The number of rotatable bonds is 11. The minimum absolute atomic E-state index is 0.151. The molecular weight excluding hydrogens is 384 g/mol. The Morgan fingerprint density at radius 1 is 1.03 bits per heavy atom. The van der Waals surface area contributed by atoms with Crippen molar-refractivity contribution in [3.8, 4) is 0 Å². The van der Waals surface area contributed by atoms with E-state index in [1.165, 1.54) is 63.4 Å². The van der Waals surface area contributed by atoms with Crippen LogP contribution >= 0.6 is 0 Å². The van der Waals surface area contributed by atoms with Gasteiger partial charge < -0.3 is 0 Å². The van der Waals surface area contributed by atoms with Crippen LogP contribution in [0.1, 0.15) is 98.0 Å². The summed E-state index contributed by atoms with van der Waals surface area (Å²) in [7, 11) is 0. The summed E-state index contributed by atoms with van der Waals surface area (Å²) in [6, 6.07) is 11.5. The van der Waals surface area contributed by atoms with Crippen molar-refractivity contribution in [3.63, 3.8) is 0 Å². The lowest BCUT2D eigenvalue weighted by molar-refractivity contribution is 0.197. The molecule has 1 aliphatic rings. The van der Waals surface area contributed by atoms with Crippen LogP contribution in [0.3, 0.4) is 0 Å². The molecule has 1 aliphatic carbocycles. The highest BCUT2D eigenvalue weighted by molar-refractivity contribution is 5.31. The van der Waals surface area contributed by atoms with Crippen molar-refractivity contribution in [2.45, 2.75) is 97.8 Å². The molecule has 0 nitrogen and oxygen atoms in total. The van der Waals surface area contributed by atoms with Crippen molar-refractivity contribution in [2.75, 3.05) is 0 Å². The summed E-state index contributed by atoms with van der Waals surface area (Å²) in [5.74, 6) is 1.56. The van der Waals surface area contributed by atoms with Crippen LogP contribution in [0.15, 0.2) is 78.9 Å². The molecule has 0 saturated heterocycles. The average Bonchev–Trinajstić information content (AvgIpc) is 2.77. The zero-order valence-electron chi connectivity index (χ0n) is 21.6. The Hall–Kier alpha value is -1.82. The third kappa shape index (κ3) is 7.95. The lowest BCUT2D eigenvalue weighted by Gasteiger charge is -2.43. The van der Waals surface area contributed by atoms with Gasteiger partial charge in [-0.15, -0.1) is 0 Å². The molecule has 1 aromatic rings. The fourth-order valence-electron chi connectivity index (χ4n) is 5.54. The summed E-state index contributed by atoms with van der Waals surface area (Å²) in [6.45, 7) is 15.4. The fourth-order valence-corrected chi connectivity index (χ4v) is 5.54. The second-order valence-corrected chi connectivity index (χ2v) is 11.0. The van der Waals surface area contributed by atoms with Crippen LogP contribution in [0.2, 0.25) is 0 Å². The van der Waals surface area contributed by atoms with Gasteiger partial charge in [-0.1, -0.05) is 134 Å². The molecule has 0 unspecified atom stereocenters. The van der Waals surface area contributed by atoms with E-state index in [0.29, 0.717) is 11.3 Å². The molecule has 1 fully saturated rings. The molecule has 0 radical (unpaired) electrons. The Morgan fingerprint density at radius 2 is 1.66 bits per heavy atom. The van der Waals surface area contributed by atoms with Crippen LogP contribution in [-0.2, 0) is 5.41 Å². The summed E-state index contributed by atoms with van der Waals surface area (Å²) in [5.41, 5.74) is 3.50. The minimum atomic E-state index is 0.151. The summed E-state index contributed by atoms with van der Waals surface area (Å²) in [5, 5.41) is 0. The first-order valence-corrected chi connectivity index (χ1v) is 13.1. The van der Waals surface area contributed by atoms with Gasteiger partial charge in [0.1, 0.15) is 0 Å². The van der Waals surface area contributed by atoms with E-state index in [-0.39, 0.29) is 5.41 Å². The van der Waals surface area contributed by atoms with Gasteiger partial charge in [0.15, 0.2) is 0 Å². The molecule has 1 aromatic carbocycles. The second kappa shape index (κ2) is 13.0. The van der Waals surface area contributed by atoms with Crippen molar-refractivity contribution in [2.24, 2.45) is 17.3 Å². The predicted octanol–water partition coefficient (Wildman–Crippen LogP) is 9.99. The molecule has 0 heteroatoms. The van der Waals surface area contributed by atoms with Crippen LogP contribution in [0.25, 0.3) is 0 Å². The Kier molecular flexibility index (Phi) is 10.8. The first-order valence-electron chi connectivity index (χ1n) is 13.1. The molecule has 0 amide bonds. The van der Waals surface area contributed by atoms with Gasteiger partial charge in [0.05, 0.1) is 0 Å². The van der Waals surface area contributed by atoms with Gasteiger partial charge in [-0.2, -0.15) is 0 Å². The van der Waals surface area contributed by atoms with Crippen LogP contribution in [0, 0.1) is 17.3 Å². The maximum absolute atomic E-state index is 3.79. The van der Waals surface area contributed by atoms with E-state index < -0.39 is 0 Å². The topological polar surface area (TPSA) is 0 Å². The molecule has 0 aromatic heterocycles. The number of allylic oxidation sites excluding steroid dienone is 7. The molecule has 2 rings (SSSR count). The summed E-state index contributed by atoms with van der Waals surface area (Å²) < 4.78 is 0. The van der Waals surface area contributed by atoms with Crippen LogP contribution in [0.5, 0.6) is 0 Å². The van der Waals surface area contributed by atoms with Gasteiger partial charge in [-0.25, -0.2) is 0 Å². The van der Waals surface area contributed by atoms with E-state index in [0.717, 1.165) is 5.92 Å². The second-order valence-electron chi connectivity index (χ2n) is 11.0. The summed E-state index contributed by atoms with van der Waals surface area (Å²) >= 11 is 0. The Balaban J connectivity index is 2.17. The number of hydrogen-bond donors (Lipinski definition) is 0. The van der Waals surface area contributed by atoms with E-state index in [2.05, 4.69) is 95.8 Å². The molecule has 0 bridgehead atoms. The molecule has 0 spiro atoms. The van der Waals surface area contributed by atoms with Gasteiger partial charge in [0.25, 0.3) is 0 Å². The highest BCUT2D eigenvalue weighted by Crippen LogP contribution is 2.47. The van der Waals surface area contributed by atoms with Gasteiger partial charge in [0.2, 0.25) is 0 Å². The highest BCUT2D eigenvalue weighted by Gasteiger charge is 2.37. The zero-order valence-corrected chi connectivity index (χ0v) is 21.6. The smallest absolute Gasteiger partial charge is 0.00439 e. The van der Waals surface area contributed by atoms with Gasteiger partial charge in [-0.05, 0) is 65.9 Å². The Labute approximate surface area is 199 Å². The third-order valence-corrected chi connectivity index (χ3v) is 7.38. The van der Waals surface area contributed by atoms with Gasteiger partial charge in [-0.3, -0.25) is 0 Å². The minimum Gasteiger partial charge on any atom is -0.0991 e. The number of hydrogen-bond acceptors (Lipinski definition) is 0. The van der Waals surface area contributed by atoms with E-state index in [1.807, 2.05) is 12.2 Å². The van der Waals surface area contributed by atoms with Crippen LogP contribution in [0.4, 0.5) is 0 Å². The molecule has 0 atom stereocenters. The standard InChI is InChI=1S/C32H48/c1-7-10-12-17-29(31(4,5)6)21-20-27-22-24-32(25-23-27,30-18-13-11-14-19-30)26-28(15-8-2)16-9-3/h7,10-14,17-21,27-28H,1,8-9,15-16,22-26H2,2-6H3/b12-10+,21-20-,29-17+. The lowest BCUT2D eigenvalue weighted by Crippen LogP contribution is -2.34. The summed E-state index contributed by atoms with van der Waals surface area (Å²) in [4.78, 5) is 0. The SMILES string of the molecule is C=C/C=C/C=C(\C=C/C1CCC(CC(CCC)CCC)(c2ccccc2)CC1)C(C)(C)C. The van der Waals surface area contributed by atoms with Crippen LogP contribution < -0.4 is 0 Å². The van der Waals surface area contributed by atoms with E-state index in [4.69, 9.17) is 0 Å². The average molecular weight is 433 g/mol. The normalized spacial score (nSPS) is 22.8. The molecule has 0 N–H and O–H groups in total. The van der Waals surface area contributed by atoms with E-state index >= 15 is 0 Å². The molecule has 32 heavy (non-hydrogen) atoms. The highest BCUT2D eigenvalue weighted by atomic mass is 14.4. The molecule has 176 valence electrons. The zero-order chi connectivity index (χ0) is 23.5. The first-order chi connectivity index (χ1) is 15.3. The Bertz CT molecular complexity index is 739. The van der Waals surface area contributed by atoms with Crippen molar-refractivity contribution in [3.05, 3.63) is 84.5 Å². The maximum Gasteiger partial charge on any atom is -0.00439 e. The molecule has 1 saturated carbocycles. The van der Waals surface area contributed by atoms with E-state index in [1.54, 1.807) is 5.56 Å². The summed E-state index contributed by atoms with van der Waals surface area (Å²) in [6.07, 6.45) is 25.1. The molecule has 0 aliphatic heterocycles. The predicted molar refractivity (Wildman–Crippen MR) is 144 cm³/mol.